The molecule has 0 saturated heterocycles. The number of halogens is 2. The second kappa shape index (κ2) is 5.92. The van der Waals surface area contributed by atoms with Gasteiger partial charge < -0.3 is 10.2 Å². The van der Waals surface area contributed by atoms with Crippen LogP contribution < -0.4 is 10.6 Å². The van der Waals surface area contributed by atoms with Crippen LogP contribution in [0.4, 0.5) is 26.4 Å². The number of hydrogen-bond acceptors (Lipinski definition) is 3. The van der Waals surface area contributed by atoms with E-state index in [1.165, 1.54) is 6.07 Å². The highest BCUT2D eigenvalue weighted by Gasteiger charge is 2.24. The first-order valence-corrected chi connectivity index (χ1v) is 7.63. The van der Waals surface area contributed by atoms with Crippen LogP contribution >= 0.6 is 15.9 Å². The number of nitrogens with one attached hydrogen (secondary N) is 2. The molecule has 7 heteroatoms. The van der Waals surface area contributed by atoms with Crippen LogP contribution in [0.1, 0.15) is 12.5 Å². The molecular formula is C15H14BrFN4O. The van der Waals surface area contributed by atoms with Gasteiger partial charge in [0, 0.05) is 29.7 Å². The smallest absolute Gasteiger partial charge is 0.323 e. The monoisotopic (exact) mass is 364 g/mol. The molecule has 0 bridgehead atoms. The number of amides is 2. The second-order valence-electron chi connectivity index (χ2n) is 4.88. The Morgan fingerprint density at radius 1 is 1.45 bits per heavy atom. The summed E-state index contributed by atoms with van der Waals surface area (Å²) in [6.45, 7) is 2.98. The van der Waals surface area contributed by atoms with Gasteiger partial charge in [-0.25, -0.2) is 14.2 Å². The van der Waals surface area contributed by atoms with Crippen molar-refractivity contribution in [3.8, 4) is 0 Å². The van der Waals surface area contributed by atoms with Crippen molar-refractivity contribution >= 4 is 39.2 Å². The highest BCUT2D eigenvalue weighted by molar-refractivity contribution is 9.10. The maximum Gasteiger partial charge on any atom is 0.323 e. The number of urea groups is 1. The number of rotatable bonds is 3. The Bertz CT molecular complexity index is 737. The molecule has 5 nitrogen and oxygen atoms in total. The average Bonchev–Trinajstić information content (AvgIpc) is 2.50. The van der Waals surface area contributed by atoms with Crippen LogP contribution in [0.2, 0.25) is 0 Å². The van der Waals surface area contributed by atoms with E-state index in [9.17, 15) is 9.18 Å². The highest BCUT2D eigenvalue weighted by atomic mass is 79.9. The normalized spacial score (nSPS) is 13.6. The Hall–Kier alpha value is -2.15. The van der Waals surface area contributed by atoms with Crippen LogP contribution in [0, 0.1) is 5.82 Å². The second-order valence-corrected chi connectivity index (χ2v) is 5.74. The van der Waals surface area contributed by atoms with E-state index in [-0.39, 0.29) is 11.8 Å². The molecule has 0 unspecified atom stereocenters. The lowest BCUT2D eigenvalue weighted by Gasteiger charge is -2.29. The molecular weight excluding hydrogens is 351 g/mol. The number of carbonyl (C=O) groups is 1. The van der Waals surface area contributed by atoms with Gasteiger partial charge in [-0.3, -0.25) is 5.32 Å². The van der Waals surface area contributed by atoms with Gasteiger partial charge in [0.25, 0.3) is 0 Å². The summed E-state index contributed by atoms with van der Waals surface area (Å²) in [5.41, 5.74) is 2.31. The summed E-state index contributed by atoms with van der Waals surface area (Å²) in [4.78, 5) is 17.7. The van der Waals surface area contributed by atoms with E-state index in [4.69, 9.17) is 0 Å². The molecule has 2 heterocycles. The highest BCUT2D eigenvalue weighted by Crippen LogP contribution is 2.30. The number of benzene rings is 1. The Morgan fingerprint density at radius 2 is 2.27 bits per heavy atom. The topological polar surface area (TPSA) is 57.3 Å². The molecule has 1 aromatic carbocycles. The van der Waals surface area contributed by atoms with E-state index < -0.39 is 0 Å². The predicted octanol–water partition coefficient (Wildman–Crippen LogP) is 4.09. The van der Waals surface area contributed by atoms with E-state index in [0.29, 0.717) is 29.1 Å². The molecule has 0 radical (unpaired) electrons. The van der Waals surface area contributed by atoms with Crippen molar-refractivity contribution in [2.24, 2.45) is 0 Å². The van der Waals surface area contributed by atoms with Crippen molar-refractivity contribution in [1.29, 1.82) is 0 Å². The lowest BCUT2D eigenvalue weighted by molar-refractivity contribution is 0.209. The molecule has 3 rings (SSSR count). The third-order valence-electron chi connectivity index (χ3n) is 3.50. The minimum atomic E-state index is -0.337. The fourth-order valence-corrected chi connectivity index (χ4v) is 2.55. The summed E-state index contributed by atoms with van der Waals surface area (Å²) in [6, 6.07) is 6.49. The van der Waals surface area contributed by atoms with Crippen LogP contribution in [0.15, 0.2) is 34.9 Å². The quantitative estimate of drug-likeness (QED) is 0.861. The van der Waals surface area contributed by atoms with Gasteiger partial charge in [-0.1, -0.05) is 0 Å². The van der Waals surface area contributed by atoms with Crippen LogP contribution in [0.25, 0.3) is 0 Å². The zero-order chi connectivity index (χ0) is 15.7. The number of hydrogen-bond donors (Lipinski definition) is 2. The van der Waals surface area contributed by atoms with Crippen molar-refractivity contribution in [1.82, 2.24) is 9.88 Å². The molecule has 1 aromatic heterocycles. The fraction of sp³-hybridized carbons (Fsp3) is 0.200. The van der Waals surface area contributed by atoms with Crippen molar-refractivity contribution in [3.63, 3.8) is 0 Å². The fourth-order valence-electron chi connectivity index (χ4n) is 2.31. The maximum atomic E-state index is 13.6. The summed E-state index contributed by atoms with van der Waals surface area (Å²) in [6.07, 6.45) is 1.61. The van der Waals surface area contributed by atoms with Gasteiger partial charge in [-0.2, -0.15) is 0 Å². The van der Waals surface area contributed by atoms with E-state index in [1.807, 2.05) is 13.0 Å². The number of anilines is 3. The lowest BCUT2D eigenvalue weighted by Crippen LogP contribution is -2.39. The van der Waals surface area contributed by atoms with Gasteiger partial charge in [-0.15, -0.1) is 0 Å². The maximum absolute atomic E-state index is 13.6. The third-order valence-corrected chi connectivity index (χ3v) is 4.14. The first-order valence-electron chi connectivity index (χ1n) is 6.84. The molecule has 114 valence electrons. The van der Waals surface area contributed by atoms with Gasteiger partial charge in [-0.05, 0) is 47.1 Å². The molecule has 1 aliphatic rings. The molecule has 2 aromatic rings. The SMILES string of the molecule is CCN1Cc2c(Nc3ccc(Br)c(F)c3)ccnc2NC1=O. The lowest BCUT2D eigenvalue weighted by atomic mass is 10.1. The zero-order valence-corrected chi connectivity index (χ0v) is 13.4. The minimum absolute atomic E-state index is 0.158. The Balaban J connectivity index is 1.93. The third kappa shape index (κ3) is 2.76. The van der Waals surface area contributed by atoms with E-state index in [0.717, 1.165) is 11.3 Å². The standard InChI is InChI=1S/C15H14BrFN4O/c1-2-21-8-10-13(5-6-18-14(10)20-15(21)22)19-9-3-4-11(16)12(17)7-9/h3-7H,2,8H2,1H3,(H2,18,19,20,22). The molecule has 0 saturated carbocycles. The molecule has 22 heavy (non-hydrogen) atoms. The number of carbonyl (C=O) groups excluding carboxylic acids is 1. The van der Waals surface area contributed by atoms with Crippen molar-refractivity contribution in [3.05, 3.63) is 46.3 Å². The molecule has 2 N–H and O–H groups in total. The molecule has 0 spiro atoms. The van der Waals surface area contributed by atoms with Gasteiger partial charge in [0.2, 0.25) is 0 Å². The van der Waals surface area contributed by atoms with Gasteiger partial charge >= 0.3 is 6.03 Å². The summed E-state index contributed by atoms with van der Waals surface area (Å²) in [7, 11) is 0. The van der Waals surface area contributed by atoms with Gasteiger partial charge in [0.05, 0.1) is 11.0 Å². The molecule has 0 aliphatic carbocycles. The van der Waals surface area contributed by atoms with Crippen LogP contribution in [0.3, 0.4) is 0 Å². The zero-order valence-electron chi connectivity index (χ0n) is 11.9. The van der Waals surface area contributed by atoms with Gasteiger partial charge in [0.1, 0.15) is 11.6 Å². The Kier molecular flexibility index (Phi) is 3.98. The molecule has 2 amide bonds. The van der Waals surface area contributed by atoms with E-state index in [1.54, 1.807) is 23.2 Å². The number of aromatic nitrogens is 1. The molecule has 1 aliphatic heterocycles. The number of pyridine rings is 1. The van der Waals surface area contributed by atoms with E-state index >= 15 is 0 Å². The van der Waals surface area contributed by atoms with E-state index in [2.05, 4.69) is 31.5 Å². The Morgan fingerprint density at radius 3 is 3.00 bits per heavy atom. The van der Waals surface area contributed by atoms with Crippen molar-refractivity contribution in [2.45, 2.75) is 13.5 Å². The average molecular weight is 365 g/mol. The largest absolute Gasteiger partial charge is 0.355 e. The summed E-state index contributed by atoms with van der Waals surface area (Å²) in [5.74, 6) is 0.202. The molecule has 0 fully saturated rings. The van der Waals surface area contributed by atoms with Crippen molar-refractivity contribution in [2.75, 3.05) is 17.2 Å². The number of nitrogens with zero attached hydrogens (tertiary/aromatic N) is 2. The van der Waals surface area contributed by atoms with Crippen molar-refractivity contribution < 1.29 is 9.18 Å². The van der Waals surface area contributed by atoms with Crippen LogP contribution in [-0.2, 0) is 6.54 Å². The minimum Gasteiger partial charge on any atom is -0.355 e. The first-order chi connectivity index (χ1) is 10.6. The molecule has 0 atom stereocenters. The van der Waals surface area contributed by atoms with Crippen LogP contribution in [0.5, 0.6) is 0 Å². The number of fused-ring (bicyclic) bond motifs is 1. The summed E-state index contributed by atoms with van der Waals surface area (Å²) >= 11 is 3.13. The summed E-state index contributed by atoms with van der Waals surface area (Å²) in [5, 5.41) is 5.94. The van der Waals surface area contributed by atoms with Crippen LogP contribution in [-0.4, -0.2) is 22.5 Å². The first kappa shape index (κ1) is 14.8. The van der Waals surface area contributed by atoms with Gasteiger partial charge in [0.15, 0.2) is 0 Å². The summed E-state index contributed by atoms with van der Waals surface area (Å²) < 4.78 is 14.0. The predicted molar refractivity (Wildman–Crippen MR) is 86.7 cm³/mol. The Labute approximate surface area is 135 Å².